The van der Waals surface area contributed by atoms with E-state index in [-0.39, 0.29) is 12.6 Å². The lowest BCUT2D eigenvalue weighted by Gasteiger charge is -2.24. The number of fused-ring (bicyclic) bond motifs is 1. The Morgan fingerprint density at radius 1 is 0.786 bits per heavy atom. The first kappa shape index (κ1) is 33.6. The number of esters is 2. The molecular weight excluding hydrogens is 534 g/mol. The van der Waals surface area contributed by atoms with Gasteiger partial charge in [-0.15, -0.1) is 5.10 Å². The highest BCUT2D eigenvalue weighted by Gasteiger charge is 2.48. The Bertz CT molecular complexity index is 1070. The summed E-state index contributed by atoms with van der Waals surface area (Å²) in [4.78, 5) is 24.1. The molecule has 1 aromatic carbocycles. The molecule has 0 amide bonds. The van der Waals surface area contributed by atoms with Crippen LogP contribution in [-0.2, 0) is 37.0 Å². The van der Waals surface area contributed by atoms with Crippen molar-refractivity contribution >= 4 is 11.9 Å². The Balaban J connectivity index is 1.51. The molecule has 0 unspecified atom stereocenters. The summed E-state index contributed by atoms with van der Waals surface area (Å²) in [5.41, 5.74) is 2.22. The van der Waals surface area contributed by atoms with Gasteiger partial charge in [0, 0.05) is 13.8 Å². The largest absolute Gasteiger partial charge is 0.497 e. The number of rotatable bonds is 21. The van der Waals surface area contributed by atoms with Crippen molar-refractivity contribution < 1.29 is 28.5 Å². The van der Waals surface area contributed by atoms with Crippen LogP contribution in [0.4, 0.5) is 0 Å². The monoisotopic (exact) mass is 585 g/mol. The number of hydrogen-bond donors (Lipinski definition) is 0. The SMILES string of the molecule is CCCCCCCCCCCCCCC[C@@H]1[C@@H](OC(C)=O)[C@H](OC(C)=O)c2c(COCc3ccc(OC)cc3)nnn21. The number of benzene rings is 1. The smallest absolute Gasteiger partial charge is 0.303 e. The second-order valence-corrected chi connectivity index (χ2v) is 11.4. The van der Waals surface area contributed by atoms with E-state index >= 15 is 0 Å². The molecule has 234 valence electrons. The highest BCUT2D eigenvalue weighted by atomic mass is 16.6. The molecule has 9 heteroatoms. The third-order valence-corrected chi connectivity index (χ3v) is 7.93. The van der Waals surface area contributed by atoms with Crippen LogP contribution in [0.1, 0.15) is 140 Å². The molecule has 0 saturated carbocycles. The van der Waals surface area contributed by atoms with Crippen molar-refractivity contribution in [3.8, 4) is 5.75 Å². The maximum atomic E-state index is 12.1. The van der Waals surface area contributed by atoms with E-state index in [9.17, 15) is 9.59 Å². The fourth-order valence-electron chi connectivity index (χ4n) is 5.75. The zero-order valence-corrected chi connectivity index (χ0v) is 26.1. The molecule has 0 bridgehead atoms. The summed E-state index contributed by atoms with van der Waals surface area (Å²) in [6.45, 7) is 5.57. The van der Waals surface area contributed by atoms with E-state index in [2.05, 4.69) is 17.2 Å². The zero-order chi connectivity index (χ0) is 30.2. The molecule has 9 nitrogen and oxygen atoms in total. The van der Waals surface area contributed by atoms with E-state index in [1.807, 2.05) is 24.3 Å². The molecule has 1 aliphatic heterocycles. The van der Waals surface area contributed by atoms with Crippen molar-refractivity contribution in [3.63, 3.8) is 0 Å². The van der Waals surface area contributed by atoms with Crippen molar-refractivity contribution in [1.29, 1.82) is 0 Å². The van der Waals surface area contributed by atoms with Crippen LogP contribution in [0.2, 0.25) is 0 Å². The van der Waals surface area contributed by atoms with Gasteiger partial charge in [0.1, 0.15) is 17.1 Å². The Morgan fingerprint density at radius 2 is 1.36 bits per heavy atom. The Hall–Kier alpha value is -2.94. The lowest BCUT2D eigenvalue weighted by Crippen LogP contribution is -2.29. The van der Waals surface area contributed by atoms with E-state index in [4.69, 9.17) is 18.9 Å². The molecule has 0 radical (unpaired) electrons. The first-order chi connectivity index (χ1) is 20.4. The lowest BCUT2D eigenvalue weighted by molar-refractivity contribution is -0.166. The number of nitrogens with zero attached hydrogens (tertiary/aromatic N) is 3. The van der Waals surface area contributed by atoms with Crippen LogP contribution in [0.5, 0.6) is 5.75 Å². The molecule has 0 fully saturated rings. The summed E-state index contributed by atoms with van der Waals surface area (Å²) in [5.74, 6) is -0.0784. The summed E-state index contributed by atoms with van der Waals surface area (Å²) in [7, 11) is 1.63. The van der Waals surface area contributed by atoms with Crippen LogP contribution in [-0.4, -0.2) is 40.1 Å². The van der Waals surface area contributed by atoms with Crippen LogP contribution >= 0.6 is 0 Å². The summed E-state index contributed by atoms with van der Waals surface area (Å²) in [5, 5.41) is 8.78. The average molecular weight is 586 g/mol. The third kappa shape index (κ3) is 10.7. The van der Waals surface area contributed by atoms with Crippen molar-refractivity contribution in [2.45, 2.75) is 142 Å². The third-order valence-electron chi connectivity index (χ3n) is 7.93. The van der Waals surface area contributed by atoms with E-state index in [1.165, 1.54) is 84.5 Å². The van der Waals surface area contributed by atoms with Gasteiger partial charge in [-0.25, -0.2) is 4.68 Å². The van der Waals surface area contributed by atoms with Gasteiger partial charge in [-0.1, -0.05) is 108 Å². The molecule has 0 saturated heterocycles. The van der Waals surface area contributed by atoms with E-state index in [1.54, 1.807) is 11.8 Å². The van der Waals surface area contributed by atoms with Crippen LogP contribution in [0.25, 0.3) is 0 Å². The maximum absolute atomic E-state index is 12.1. The average Bonchev–Trinajstić information content (AvgIpc) is 3.49. The van der Waals surface area contributed by atoms with E-state index in [0.29, 0.717) is 18.0 Å². The highest BCUT2D eigenvalue weighted by molar-refractivity contribution is 5.67. The quantitative estimate of drug-likeness (QED) is 0.109. The van der Waals surface area contributed by atoms with Gasteiger partial charge in [-0.05, 0) is 24.1 Å². The Kier molecular flexibility index (Phi) is 14.8. The molecule has 0 aliphatic carbocycles. The predicted octanol–water partition coefficient (Wildman–Crippen LogP) is 7.58. The van der Waals surface area contributed by atoms with Crippen molar-refractivity contribution in [3.05, 3.63) is 41.2 Å². The molecule has 1 aliphatic rings. The summed E-state index contributed by atoms with van der Waals surface area (Å²) < 4.78 is 24.4. The van der Waals surface area contributed by atoms with Crippen LogP contribution in [0.3, 0.4) is 0 Å². The number of hydrogen-bond acceptors (Lipinski definition) is 8. The zero-order valence-electron chi connectivity index (χ0n) is 26.1. The number of methoxy groups -OCH3 is 1. The van der Waals surface area contributed by atoms with Gasteiger partial charge in [0.15, 0.2) is 12.2 Å². The van der Waals surface area contributed by atoms with Gasteiger partial charge in [-0.3, -0.25) is 9.59 Å². The molecule has 0 spiro atoms. The minimum atomic E-state index is -0.770. The van der Waals surface area contributed by atoms with Crippen molar-refractivity contribution in [1.82, 2.24) is 15.0 Å². The molecule has 0 N–H and O–H groups in total. The van der Waals surface area contributed by atoms with Crippen molar-refractivity contribution in [2.24, 2.45) is 0 Å². The van der Waals surface area contributed by atoms with Gasteiger partial charge in [0.2, 0.25) is 0 Å². The second kappa shape index (κ2) is 18.6. The van der Waals surface area contributed by atoms with Crippen LogP contribution in [0, 0.1) is 0 Å². The number of unbranched alkanes of at least 4 members (excludes halogenated alkanes) is 12. The summed E-state index contributed by atoms with van der Waals surface area (Å²) >= 11 is 0. The number of aromatic nitrogens is 3. The van der Waals surface area contributed by atoms with Gasteiger partial charge in [0.05, 0.1) is 26.4 Å². The standard InChI is InChI=1S/C33H51N3O6/c1-5-6-7-8-9-10-11-12-13-14-15-16-17-18-30-32(41-25(2)37)33(42-26(3)38)31-29(34-35-36(30)31)24-40-23-27-19-21-28(39-4)22-20-27/h19-22,30,32-33H,5-18,23-24H2,1-4H3/t30-,32-,33-/m1/s1. The second-order valence-electron chi connectivity index (χ2n) is 11.4. The van der Waals surface area contributed by atoms with Crippen LogP contribution in [0.15, 0.2) is 24.3 Å². The molecule has 2 heterocycles. The van der Waals surface area contributed by atoms with E-state index < -0.39 is 24.1 Å². The van der Waals surface area contributed by atoms with Gasteiger partial charge >= 0.3 is 11.9 Å². The van der Waals surface area contributed by atoms with Gasteiger partial charge < -0.3 is 18.9 Å². The minimum Gasteiger partial charge on any atom is -0.497 e. The highest BCUT2D eigenvalue weighted by Crippen LogP contribution is 2.43. The predicted molar refractivity (Wildman–Crippen MR) is 161 cm³/mol. The summed E-state index contributed by atoms with van der Waals surface area (Å²) in [6.07, 6.45) is 16.0. The first-order valence-electron chi connectivity index (χ1n) is 15.9. The molecule has 2 aromatic rings. The van der Waals surface area contributed by atoms with Crippen LogP contribution < -0.4 is 4.74 Å². The number of ether oxygens (including phenoxy) is 4. The number of carbonyl (C=O) groups excluding carboxylic acids is 2. The molecule has 3 atom stereocenters. The molecule has 42 heavy (non-hydrogen) atoms. The fourth-order valence-corrected chi connectivity index (χ4v) is 5.75. The lowest BCUT2D eigenvalue weighted by atomic mass is 10.00. The molecule has 3 rings (SSSR count). The van der Waals surface area contributed by atoms with Gasteiger partial charge in [0.25, 0.3) is 0 Å². The molecular formula is C33H51N3O6. The normalized spacial score (nSPS) is 17.7. The fraction of sp³-hybridized carbons (Fsp3) is 0.697. The van der Waals surface area contributed by atoms with Crippen molar-refractivity contribution in [2.75, 3.05) is 7.11 Å². The first-order valence-corrected chi connectivity index (χ1v) is 15.9. The Labute approximate surface area is 251 Å². The number of carbonyl (C=O) groups is 2. The van der Waals surface area contributed by atoms with E-state index in [0.717, 1.165) is 30.6 Å². The van der Waals surface area contributed by atoms with Gasteiger partial charge in [-0.2, -0.15) is 0 Å². The Morgan fingerprint density at radius 3 is 1.90 bits per heavy atom. The topological polar surface area (TPSA) is 102 Å². The summed E-state index contributed by atoms with van der Waals surface area (Å²) in [6, 6.07) is 7.41. The maximum Gasteiger partial charge on any atom is 0.303 e. The minimum absolute atomic E-state index is 0.192. The molecule has 1 aromatic heterocycles.